The van der Waals surface area contributed by atoms with E-state index in [2.05, 4.69) is 19.9 Å². The molecule has 140 heavy (non-hydrogen) atoms. The SMILES string of the molecule is CCCC(CCC)Cc1c(CC)c(C(=O)C(N)=O)c2c(OCC(=O)O)cccn12.CCc1c(C(=O)C(N)=O)c2c(OCC(=O)O)cccn2c1CC.CCc1c(C(=O)C(N)=O)c2c(OCC(=O)O)cccn2c1CC1CCCC1.CCc1c(C(=O)C(N)=O)c2c(OCC(=O)O)cccn2c1CC1CCCCCC1.CCc1c(C(=O)C(N)=O)c2c(OCC(=O)O)cccn2c1Cc1ccc2ccccc2c1. The molecule has 15 N–H and O–H groups in total. The van der Waals surface area contributed by atoms with Crippen molar-refractivity contribution in [1.29, 1.82) is 0 Å². The minimum atomic E-state index is -1.14. The number of amides is 5. The van der Waals surface area contributed by atoms with Gasteiger partial charge in [-0.25, -0.2) is 24.0 Å². The number of carbonyl (C=O) groups is 15. The standard InChI is InChI=1S/C25H22N2O5.C22H28N2O5.C22H30N2O5.C20H24N2O5.C16H18N2O5/c1-2-18-19(13-15-9-10-16-6-3-4-7-17(16)12-15)27-11-5-8-20(32-14-21(28)29)23(27)22(18)24(30)25(26)31;1-2-15-16(12-14-8-5-3-4-6-9-14)24-11-7-10-17(29-13-18(25)26)20(24)19(15)21(27)22(23)28;1-4-8-14(9-5-2)12-16-15(6-3)19(21(27)22(23)28)20-17(29-13-18(25)26)10-7-11-24(16)20;1-2-13-14(10-12-6-3-4-7-12)22-9-5-8-15(27-11-16(23)24)18(22)17(13)19(25)20(21)26;1-3-9-10(4-2)18-7-5-6-11(23-8-12(19)20)14(18)13(9)15(21)16(17)22/h3-12H,2,13-14H2,1H3,(H2,26,31)(H,28,29);7,10-11,14H,2-6,8-9,12-13H2,1H3,(H2,23,28)(H,25,26);7,10-11,14H,4-6,8-9,12-13H2,1-3H3,(H2,23,28)(H,25,26);5,8-9,12H,2-4,6-7,10-11H2,1H3,(H2,21,26)(H,23,24);5-7H,3-4,8H2,1-2H3,(H2,17,22)(H,19,20). The Morgan fingerprint density at radius 1 is 0.314 bits per heavy atom. The van der Waals surface area contributed by atoms with Crippen molar-refractivity contribution in [2.45, 2.75) is 209 Å². The number of rotatable bonds is 43. The molecule has 0 spiro atoms. The van der Waals surface area contributed by atoms with Crippen LogP contribution in [0, 0.1) is 17.8 Å². The highest BCUT2D eigenvalue weighted by molar-refractivity contribution is 6.47. The largest absolute Gasteiger partial charge is 0.480 e. The first-order chi connectivity index (χ1) is 67.0. The predicted molar refractivity (Wildman–Crippen MR) is 521 cm³/mol. The maximum atomic E-state index is 12.8. The first-order valence-electron chi connectivity index (χ1n) is 47.2. The van der Waals surface area contributed by atoms with Crippen molar-refractivity contribution in [2.75, 3.05) is 33.0 Å². The molecule has 2 aliphatic carbocycles. The number of carboxylic acid groups (broad SMARTS) is 5. The van der Waals surface area contributed by atoms with Crippen molar-refractivity contribution >= 4 is 127 Å². The highest BCUT2D eigenvalue weighted by Crippen LogP contribution is 2.42. The molecular weight excluding hydrogens is 1800 g/mol. The molecule has 0 atom stereocenters. The number of pyridine rings is 5. The van der Waals surface area contributed by atoms with Gasteiger partial charge in [0.25, 0.3) is 58.5 Å². The summed E-state index contributed by atoms with van der Waals surface area (Å²) in [7, 11) is 0. The van der Waals surface area contributed by atoms with Gasteiger partial charge in [-0.3, -0.25) is 47.9 Å². The van der Waals surface area contributed by atoms with E-state index in [0.29, 0.717) is 95.8 Å². The molecule has 12 aromatic rings. The minimum absolute atomic E-state index is 0.164. The van der Waals surface area contributed by atoms with Gasteiger partial charge in [-0.15, -0.1) is 0 Å². The van der Waals surface area contributed by atoms with E-state index in [1.807, 2.05) is 110 Å². The fraction of sp³-hybridized carbons (Fsp3) is 0.381. The van der Waals surface area contributed by atoms with Gasteiger partial charge in [-0.2, -0.15) is 0 Å². The molecule has 0 unspecified atom stereocenters. The zero-order valence-corrected chi connectivity index (χ0v) is 80.0. The average Bonchev–Trinajstić information content (AvgIpc) is 1.62. The normalized spacial score (nSPS) is 12.6. The molecule has 2 aliphatic rings. The van der Waals surface area contributed by atoms with E-state index in [1.165, 1.54) is 38.5 Å². The van der Waals surface area contributed by atoms with Gasteiger partial charge in [-0.05, 0) is 180 Å². The second kappa shape index (κ2) is 49.5. The fourth-order valence-corrected chi connectivity index (χ4v) is 19.5. The molecule has 742 valence electrons. The maximum Gasteiger partial charge on any atom is 0.341 e. The van der Waals surface area contributed by atoms with Crippen LogP contribution >= 0.6 is 0 Å². The second-order valence-corrected chi connectivity index (χ2v) is 34.4. The Morgan fingerprint density at radius 2 is 0.579 bits per heavy atom. The summed E-state index contributed by atoms with van der Waals surface area (Å²) in [4.78, 5) is 176. The molecule has 0 aliphatic heterocycles. The Bertz CT molecular complexity index is 6560. The van der Waals surface area contributed by atoms with Crippen LogP contribution in [-0.2, 0) is 112 Å². The van der Waals surface area contributed by atoms with E-state index in [9.17, 15) is 71.9 Å². The van der Waals surface area contributed by atoms with Crippen LogP contribution in [0.25, 0.3) is 38.4 Å². The number of nitrogens with two attached hydrogens (primary N) is 5. The van der Waals surface area contributed by atoms with Crippen LogP contribution in [0.5, 0.6) is 28.7 Å². The molecule has 2 aromatic carbocycles. The summed E-state index contributed by atoms with van der Waals surface area (Å²) in [5.74, 6) is -12.1. The average molecular weight is 1920 g/mol. The van der Waals surface area contributed by atoms with Crippen molar-refractivity contribution in [3.8, 4) is 28.7 Å². The quantitative estimate of drug-likeness (QED) is 0.00964. The summed E-state index contributed by atoms with van der Waals surface area (Å²) >= 11 is 0. The van der Waals surface area contributed by atoms with Gasteiger partial charge < -0.3 is 99.9 Å². The summed E-state index contributed by atoms with van der Waals surface area (Å²) in [5, 5.41) is 47.0. The number of carbonyl (C=O) groups excluding carboxylic acids is 10. The monoisotopic (exact) mass is 1920 g/mol. The Balaban J connectivity index is 0.000000181. The van der Waals surface area contributed by atoms with Crippen LogP contribution in [0.4, 0.5) is 0 Å². The van der Waals surface area contributed by atoms with Crippen LogP contribution in [-0.4, -0.2) is 169 Å². The van der Waals surface area contributed by atoms with E-state index >= 15 is 0 Å². The lowest BCUT2D eigenvalue weighted by Crippen LogP contribution is -2.24. The first kappa shape index (κ1) is 107. The number of aromatic nitrogens is 5. The molecule has 0 bridgehead atoms. The number of ketones is 5. The van der Waals surface area contributed by atoms with E-state index < -0.39 is 121 Å². The third-order valence-corrected chi connectivity index (χ3v) is 25.3. The van der Waals surface area contributed by atoms with Crippen LogP contribution in [0.3, 0.4) is 0 Å². The molecule has 35 heteroatoms. The lowest BCUT2D eigenvalue weighted by Gasteiger charge is -2.17. The number of fused-ring (bicyclic) bond motifs is 6. The van der Waals surface area contributed by atoms with Crippen LogP contribution < -0.4 is 52.4 Å². The fourth-order valence-electron chi connectivity index (χ4n) is 19.5. The van der Waals surface area contributed by atoms with E-state index in [1.54, 1.807) is 81.9 Å². The molecular formula is C105H122N10O25. The van der Waals surface area contributed by atoms with Gasteiger partial charge in [-0.1, -0.05) is 188 Å². The Labute approximate surface area is 807 Å². The summed E-state index contributed by atoms with van der Waals surface area (Å²) in [5.41, 5.74) is 39.0. The number of aliphatic carboxylic acids is 5. The Morgan fingerprint density at radius 3 is 0.864 bits per heavy atom. The Hall–Kier alpha value is -15.5. The van der Waals surface area contributed by atoms with Gasteiger partial charge in [0.15, 0.2) is 33.0 Å². The molecule has 0 radical (unpaired) electrons. The summed E-state index contributed by atoms with van der Waals surface area (Å²) in [6.07, 6.45) is 31.4. The number of primary amides is 5. The number of benzene rings is 2. The molecule has 2 fully saturated rings. The Kier molecular flexibility index (Phi) is 37.7. The number of hydrogen-bond donors (Lipinski definition) is 10. The number of aryl methyl sites for hydroxylation is 1. The summed E-state index contributed by atoms with van der Waals surface area (Å²) in [6.45, 7) is 13.1. The van der Waals surface area contributed by atoms with Gasteiger partial charge in [0.05, 0.1) is 55.4 Å². The van der Waals surface area contributed by atoms with Crippen molar-refractivity contribution in [3.63, 3.8) is 0 Å². The molecule has 0 saturated heterocycles. The van der Waals surface area contributed by atoms with Gasteiger partial charge in [0.2, 0.25) is 0 Å². The predicted octanol–water partition coefficient (Wildman–Crippen LogP) is 13.5. The van der Waals surface area contributed by atoms with Gasteiger partial charge in [0.1, 0.15) is 28.7 Å². The number of nitrogens with zero attached hydrogens (tertiary/aromatic N) is 5. The number of hydrogen-bond acceptors (Lipinski definition) is 20. The third-order valence-electron chi connectivity index (χ3n) is 25.3. The maximum absolute atomic E-state index is 12.8. The molecule has 10 heterocycles. The zero-order valence-electron chi connectivity index (χ0n) is 80.0. The molecule has 5 amide bonds. The van der Waals surface area contributed by atoms with Crippen LogP contribution in [0.1, 0.15) is 259 Å². The smallest absolute Gasteiger partial charge is 0.341 e. The zero-order chi connectivity index (χ0) is 102. The number of ether oxygens (including phenoxy) is 5. The van der Waals surface area contributed by atoms with Crippen molar-refractivity contribution in [2.24, 2.45) is 46.4 Å². The number of carboxylic acids is 5. The molecule has 14 rings (SSSR count). The van der Waals surface area contributed by atoms with Crippen LogP contribution in [0.15, 0.2) is 134 Å². The van der Waals surface area contributed by atoms with E-state index in [0.717, 1.165) is 138 Å². The molecule has 35 nitrogen and oxygen atoms in total. The highest BCUT2D eigenvalue weighted by atomic mass is 16.5. The van der Waals surface area contributed by atoms with Crippen molar-refractivity contribution in [3.05, 3.63) is 224 Å². The first-order valence-corrected chi connectivity index (χ1v) is 47.2. The lowest BCUT2D eigenvalue weighted by molar-refractivity contribution is -0.140. The van der Waals surface area contributed by atoms with E-state index in [-0.39, 0.29) is 56.6 Å². The summed E-state index contributed by atoms with van der Waals surface area (Å²) < 4.78 is 36.2. The van der Waals surface area contributed by atoms with Gasteiger partial charge >= 0.3 is 29.8 Å². The molecule has 2 saturated carbocycles. The highest BCUT2D eigenvalue weighted by Gasteiger charge is 2.36. The van der Waals surface area contributed by atoms with Crippen molar-refractivity contribution in [1.82, 2.24) is 22.0 Å². The molecule has 10 aromatic heterocycles. The topological polar surface area (TPSA) is 556 Å². The second-order valence-electron chi connectivity index (χ2n) is 34.4. The summed E-state index contributed by atoms with van der Waals surface area (Å²) in [6, 6.07) is 30.9. The third kappa shape index (κ3) is 24.9. The number of Topliss-reactive ketones (excluding diaryl/α,β-unsaturated/α-hetero) is 5. The van der Waals surface area contributed by atoms with E-state index in [4.69, 9.17) is 77.9 Å². The minimum Gasteiger partial charge on any atom is -0.480 e. The lowest BCUT2D eigenvalue weighted by atomic mass is 9.90. The van der Waals surface area contributed by atoms with Gasteiger partial charge in [0, 0.05) is 65.9 Å². The van der Waals surface area contributed by atoms with Crippen LogP contribution in [0.2, 0.25) is 0 Å². The van der Waals surface area contributed by atoms with Crippen molar-refractivity contribution < 1.29 is 121 Å².